The van der Waals surface area contributed by atoms with Gasteiger partial charge in [-0.2, -0.15) is 0 Å². The van der Waals surface area contributed by atoms with Crippen LogP contribution >= 0.6 is 11.6 Å². The van der Waals surface area contributed by atoms with E-state index in [1.165, 1.54) is 12.8 Å². The zero-order valence-electron chi connectivity index (χ0n) is 15.3. The molecule has 2 heterocycles. The topological polar surface area (TPSA) is 52.7 Å². The molecule has 5 nitrogen and oxygen atoms in total. The van der Waals surface area contributed by atoms with Gasteiger partial charge in [0.2, 0.25) is 5.91 Å². The van der Waals surface area contributed by atoms with Crippen LogP contribution in [0.4, 0.5) is 0 Å². The molecule has 0 aliphatic carbocycles. The van der Waals surface area contributed by atoms with Crippen molar-refractivity contribution in [3.05, 3.63) is 34.9 Å². The fraction of sp³-hybridized carbons (Fsp3) is 0.600. The smallest absolute Gasteiger partial charge is 0.253 e. The van der Waals surface area contributed by atoms with Gasteiger partial charge in [-0.1, -0.05) is 17.7 Å². The maximum absolute atomic E-state index is 12.7. The molecule has 142 valence electrons. The normalized spacial score (nSPS) is 19.3. The zero-order chi connectivity index (χ0) is 18.4. The van der Waals surface area contributed by atoms with E-state index in [9.17, 15) is 9.59 Å². The number of benzene rings is 1. The zero-order valence-corrected chi connectivity index (χ0v) is 16.0. The van der Waals surface area contributed by atoms with Gasteiger partial charge in [-0.05, 0) is 62.9 Å². The first-order valence-electron chi connectivity index (χ1n) is 9.67. The number of nitrogens with one attached hydrogen (secondary N) is 1. The molecule has 3 rings (SSSR count). The average molecular weight is 378 g/mol. The predicted molar refractivity (Wildman–Crippen MR) is 103 cm³/mol. The molecule has 6 heteroatoms. The lowest BCUT2D eigenvalue weighted by atomic mass is 9.93. The fourth-order valence-corrected chi connectivity index (χ4v) is 4.02. The number of rotatable bonds is 4. The molecule has 0 spiro atoms. The van der Waals surface area contributed by atoms with Crippen LogP contribution in [-0.2, 0) is 4.79 Å². The first kappa shape index (κ1) is 19.2. The Labute approximate surface area is 160 Å². The maximum Gasteiger partial charge on any atom is 0.253 e. The molecular weight excluding hydrogens is 350 g/mol. The predicted octanol–water partition coefficient (Wildman–Crippen LogP) is 2.79. The van der Waals surface area contributed by atoms with Crippen LogP contribution in [0.15, 0.2) is 24.3 Å². The molecule has 0 bridgehead atoms. The Morgan fingerprint density at radius 1 is 1.08 bits per heavy atom. The summed E-state index contributed by atoms with van der Waals surface area (Å²) in [5.74, 6) is 0.908. The number of carbonyl (C=O) groups excluding carboxylic acids is 2. The lowest BCUT2D eigenvalue weighted by Crippen LogP contribution is -2.37. The van der Waals surface area contributed by atoms with Crippen LogP contribution in [-0.4, -0.2) is 60.9 Å². The van der Waals surface area contributed by atoms with E-state index < -0.39 is 0 Å². The van der Waals surface area contributed by atoms with Gasteiger partial charge in [0, 0.05) is 43.2 Å². The second kappa shape index (κ2) is 9.38. The molecule has 0 unspecified atom stereocenters. The molecule has 26 heavy (non-hydrogen) atoms. The van der Waals surface area contributed by atoms with Crippen molar-refractivity contribution in [2.75, 3.05) is 39.3 Å². The molecule has 2 aliphatic heterocycles. The minimum Gasteiger partial charge on any atom is -0.341 e. The second-order valence-electron chi connectivity index (χ2n) is 7.27. The van der Waals surface area contributed by atoms with Crippen molar-refractivity contribution in [1.82, 2.24) is 15.1 Å². The summed E-state index contributed by atoms with van der Waals surface area (Å²) in [5.41, 5.74) is 0.614. The van der Waals surface area contributed by atoms with Gasteiger partial charge in [0.05, 0.1) is 0 Å². The van der Waals surface area contributed by atoms with Gasteiger partial charge in [-0.25, -0.2) is 0 Å². The summed E-state index contributed by atoms with van der Waals surface area (Å²) in [4.78, 5) is 29.0. The quantitative estimate of drug-likeness (QED) is 0.877. The molecule has 0 saturated carbocycles. The fourth-order valence-electron chi connectivity index (χ4n) is 3.83. The Balaban J connectivity index is 1.49. The van der Waals surface area contributed by atoms with E-state index in [4.69, 9.17) is 11.6 Å². The number of halogens is 1. The SMILES string of the molecule is O=C(CCC1CCNCC1)N1CCCN(C(=O)c2cccc(Cl)c2)CC1. The molecular formula is C20H28ClN3O2. The minimum absolute atomic E-state index is 0.00324. The molecule has 2 fully saturated rings. The number of piperidine rings is 1. The van der Waals surface area contributed by atoms with Crippen LogP contribution < -0.4 is 5.32 Å². The summed E-state index contributed by atoms with van der Waals surface area (Å²) < 4.78 is 0. The third kappa shape index (κ3) is 5.21. The van der Waals surface area contributed by atoms with Crippen molar-refractivity contribution < 1.29 is 9.59 Å². The molecule has 1 aromatic rings. The van der Waals surface area contributed by atoms with E-state index in [0.29, 0.717) is 42.6 Å². The lowest BCUT2D eigenvalue weighted by molar-refractivity contribution is -0.131. The molecule has 2 aliphatic rings. The summed E-state index contributed by atoms with van der Waals surface area (Å²) in [7, 11) is 0. The van der Waals surface area contributed by atoms with Crippen LogP contribution in [0.3, 0.4) is 0 Å². The highest BCUT2D eigenvalue weighted by atomic mass is 35.5. The highest BCUT2D eigenvalue weighted by Crippen LogP contribution is 2.19. The maximum atomic E-state index is 12.7. The Morgan fingerprint density at radius 2 is 1.81 bits per heavy atom. The standard InChI is InChI=1S/C20H28ClN3O2/c21-18-4-1-3-17(15-18)20(26)24-12-2-11-23(13-14-24)19(25)6-5-16-7-9-22-10-8-16/h1,3-4,15-16,22H,2,5-14H2. The van der Waals surface area contributed by atoms with Gasteiger partial charge < -0.3 is 15.1 Å². The largest absolute Gasteiger partial charge is 0.341 e. The summed E-state index contributed by atoms with van der Waals surface area (Å²) in [6.45, 7) is 4.78. The molecule has 0 aromatic heterocycles. The molecule has 0 radical (unpaired) electrons. The highest BCUT2D eigenvalue weighted by molar-refractivity contribution is 6.30. The van der Waals surface area contributed by atoms with Gasteiger partial charge in [0.1, 0.15) is 0 Å². The van der Waals surface area contributed by atoms with Crippen LogP contribution in [0.2, 0.25) is 5.02 Å². The molecule has 2 amide bonds. The molecule has 1 N–H and O–H groups in total. The first-order valence-corrected chi connectivity index (χ1v) is 10.0. The minimum atomic E-state index is -0.00324. The van der Waals surface area contributed by atoms with Crippen molar-refractivity contribution in [2.24, 2.45) is 5.92 Å². The van der Waals surface area contributed by atoms with E-state index >= 15 is 0 Å². The Kier molecular flexibility index (Phi) is 6.92. The lowest BCUT2D eigenvalue weighted by Gasteiger charge is -2.25. The van der Waals surface area contributed by atoms with E-state index in [1.807, 2.05) is 9.80 Å². The van der Waals surface area contributed by atoms with Crippen molar-refractivity contribution in [2.45, 2.75) is 32.1 Å². The van der Waals surface area contributed by atoms with Crippen molar-refractivity contribution in [1.29, 1.82) is 0 Å². The van der Waals surface area contributed by atoms with Crippen LogP contribution in [0.5, 0.6) is 0 Å². The van der Waals surface area contributed by atoms with Crippen molar-refractivity contribution >= 4 is 23.4 Å². The van der Waals surface area contributed by atoms with Gasteiger partial charge in [-0.15, -0.1) is 0 Å². The van der Waals surface area contributed by atoms with Gasteiger partial charge >= 0.3 is 0 Å². The average Bonchev–Trinajstić information content (AvgIpc) is 2.92. The monoisotopic (exact) mass is 377 g/mol. The molecule has 0 atom stereocenters. The summed E-state index contributed by atoms with van der Waals surface area (Å²) in [6.07, 6.45) is 4.80. The third-order valence-electron chi connectivity index (χ3n) is 5.43. The second-order valence-corrected chi connectivity index (χ2v) is 7.71. The highest BCUT2D eigenvalue weighted by Gasteiger charge is 2.23. The van der Waals surface area contributed by atoms with E-state index in [1.54, 1.807) is 24.3 Å². The molecule has 1 aromatic carbocycles. The summed E-state index contributed by atoms with van der Waals surface area (Å²) in [6, 6.07) is 7.06. The number of carbonyl (C=O) groups is 2. The van der Waals surface area contributed by atoms with Gasteiger partial charge in [0.15, 0.2) is 0 Å². The van der Waals surface area contributed by atoms with Crippen LogP contribution in [0, 0.1) is 5.92 Å². The number of hydrogen-bond donors (Lipinski definition) is 1. The van der Waals surface area contributed by atoms with E-state index in [-0.39, 0.29) is 11.8 Å². The van der Waals surface area contributed by atoms with Crippen molar-refractivity contribution in [3.63, 3.8) is 0 Å². The van der Waals surface area contributed by atoms with E-state index in [0.717, 1.165) is 32.5 Å². The number of amides is 2. The van der Waals surface area contributed by atoms with Gasteiger partial charge in [-0.3, -0.25) is 9.59 Å². The number of hydrogen-bond acceptors (Lipinski definition) is 3. The summed E-state index contributed by atoms with van der Waals surface area (Å²) in [5, 5.41) is 3.94. The van der Waals surface area contributed by atoms with Gasteiger partial charge in [0.25, 0.3) is 5.91 Å². The number of nitrogens with zero attached hydrogens (tertiary/aromatic N) is 2. The third-order valence-corrected chi connectivity index (χ3v) is 5.67. The molecule has 2 saturated heterocycles. The van der Waals surface area contributed by atoms with Crippen LogP contribution in [0.1, 0.15) is 42.5 Å². The Morgan fingerprint density at radius 3 is 2.58 bits per heavy atom. The Hall–Kier alpha value is -1.59. The van der Waals surface area contributed by atoms with Crippen molar-refractivity contribution in [3.8, 4) is 0 Å². The Bertz CT molecular complexity index is 631. The summed E-state index contributed by atoms with van der Waals surface area (Å²) >= 11 is 6.00. The first-order chi connectivity index (χ1) is 12.6. The van der Waals surface area contributed by atoms with E-state index in [2.05, 4.69) is 5.32 Å². The van der Waals surface area contributed by atoms with Crippen LogP contribution in [0.25, 0.3) is 0 Å².